The molecule has 0 aliphatic rings. The molecule has 78 valence electrons. The lowest BCUT2D eigenvalue weighted by atomic mass is 9.83. The summed E-state index contributed by atoms with van der Waals surface area (Å²) in [5, 5.41) is 10.0. The second kappa shape index (κ2) is 4.21. The topological polar surface area (TPSA) is 20.2 Å². The Bertz CT molecular complexity index is 347. The van der Waals surface area contributed by atoms with Gasteiger partial charge in [-0.15, -0.1) is 0 Å². The van der Waals surface area contributed by atoms with Gasteiger partial charge >= 0.3 is 0 Å². The molecule has 0 radical (unpaired) electrons. The van der Waals surface area contributed by atoms with Gasteiger partial charge in [-0.3, -0.25) is 0 Å². The minimum absolute atomic E-state index is 0.112. The fourth-order valence-electron chi connectivity index (χ4n) is 1.43. The van der Waals surface area contributed by atoms with E-state index in [1.165, 1.54) is 0 Å². The van der Waals surface area contributed by atoms with Crippen molar-refractivity contribution in [1.82, 2.24) is 0 Å². The average molecular weight is 278 g/mol. The Morgan fingerprint density at radius 1 is 1.43 bits per heavy atom. The van der Waals surface area contributed by atoms with Crippen molar-refractivity contribution in [3.05, 3.63) is 32.8 Å². The first-order valence-corrected chi connectivity index (χ1v) is 5.62. The summed E-state index contributed by atoms with van der Waals surface area (Å²) in [6.45, 7) is 6.08. The molecule has 1 rings (SSSR count). The largest absolute Gasteiger partial charge is 0.395 e. The molecule has 1 aromatic carbocycles. The number of aliphatic hydroxyl groups is 1. The van der Waals surface area contributed by atoms with Crippen LogP contribution in [0.25, 0.3) is 0 Å². The molecular weight excluding hydrogens is 263 g/mol. The highest BCUT2D eigenvalue weighted by molar-refractivity contribution is 9.10. The summed E-state index contributed by atoms with van der Waals surface area (Å²) in [5.74, 6) is 0. The molecule has 14 heavy (non-hydrogen) atoms. The lowest BCUT2D eigenvalue weighted by molar-refractivity contribution is 0.218. The van der Waals surface area contributed by atoms with Crippen molar-refractivity contribution in [2.45, 2.75) is 26.2 Å². The Morgan fingerprint density at radius 2 is 2.00 bits per heavy atom. The molecule has 0 fully saturated rings. The monoisotopic (exact) mass is 276 g/mol. The van der Waals surface area contributed by atoms with Crippen molar-refractivity contribution < 1.29 is 5.11 Å². The number of rotatable bonds is 2. The summed E-state index contributed by atoms with van der Waals surface area (Å²) in [6, 6.07) is 3.88. The molecule has 0 saturated heterocycles. The van der Waals surface area contributed by atoms with Gasteiger partial charge in [0.1, 0.15) is 0 Å². The maximum Gasteiger partial charge on any atom is 0.0522 e. The minimum Gasteiger partial charge on any atom is -0.395 e. The Morgan fingerprint density at radius 3 is 2.50 bits per heavy atom. The van der Waals surface area contributed by atoms with E-state index >= 15 is 0 Å². The smallest absolute Gasteiger partial charge is 0.0522 e. The third kappa shape index (κ3) is 2.30. The Balaban J connectivity index is 3.34. The summed E-state index contributed by atoms with van der Waals surface area (Å²) in [5.41, 5.74) is 1.87. The highest BCUT2D eigenvalue weighted by atomic mass is 79.9. The van der Waals surface area contributed by atoms with Crippen molar-refractivity contribution in [1.29, 1.82) is 0 Å². The average Bonchev–Trinajstić information content (AvgIpc) is 2.11. The second-order valence-corrected chi connectivity index (χ2v) is 5.43. The van der Waals surface area contributed by atoms with E-state index < -0.39 is 0 Å². The van der Waals surface area contributed by atoms with Crippen LogP contribution in [-0.2, 0) is 5.41 Å². The van der Waals surface area contributed by atoms with E-state index in [4.69, 9.17) is 11.6 Å². The molecule has 1 nitrogen and oxygen atoms in total. The van der Waals surface area contributed by atoms with E-state index in [1.807, 2.05) is 32.9 Å². The molecule has 0 atom stereocenters. The summed E-state index contributed by atoms with van der Waals surface area (Å²) in [7, 11) is 0. The molecule has 0 aliphatic carbocycles. The fourth-order valence-corrected chi connectivity index (χ4v) is 2.24. The molecular formula is C11H14BrClO. The van der Waals surface area contributed by atoms with Gasteiger partial charge in [-0.1, -0.05) is 41.4 Å². The van der Waals surface area contributed by atoms with E-state index in [9.17, 15) is 5.11 Å². The van der Waals surface area contributed by atoms with Crippen LogP contribution < -0.4 is 0 Å². The van der Waals surface area contributed by atoms with Gasteiger partial charge in [0.15, 0.2) is 0 Å². The van der Waals surface area contributed by atoms with E-state index in [-0.39, 0.29) is 12.0 Å². The predicted molar refractivity (Wildman–Crippen MR) is 64.0 cm³/mol. The van der Waals surface area contributed by atoms with E-state index in [0.717, 1.165) is 20.6 Å². The number of halogens is 2. The van der Waals surface area contributed by atoms with Crippen LogP contribution in [0.2, 0.25) is 5.02 Å². The lowest BCUT2D eigenvalue weighted by Crippen LogP contribution is -2.23. The van der Waals surface area contributed by atoms with Gasteiger partial charge in [0, 0.05) is 14.9 Å². The molecule has 3 heteroatoms. The van der Waals surface area contributed by atoms with Crippen LogP contribution >= 0.6 is 27.5 Å². The minimum atomic E-state index is -0.252. The van der Waals surface area contributed by atoms with Crippen LogP contribution in [-0.4, -0.2) is 11.7 Å². The molecule has 0 aromatic heterocycles. The third-order valence-electron chi connectivity index (χ3n) is 2.43. The Kier molecular flexibility index (Phi) is 3.62. The SMILES string of the molecule is Cc1c(Cl)cc(Br)cc1C(C)(C)CO. The van der Waals surface area contributed by atoms with Crippen LogP contribution in [0.5, 0.6) is 0 Å². The van der Waals surface area contributed by atoms with Gasteiger partial charge in [0.05, 0.1) is 6.61 Å². The molecule has 0 unspecified atom stereocenters. The van der Waals surface area contributed by atoms with E-state index in [2.05, 4.69) is 15.9 Å². The van der Waals surface area contributed by atoms with Crippen LogP contribution in [0.1, 0.15) is 25.0 Å². The van der Waals surface area contributed by atoms with Crippen molar-refractivity contribution >= 4 is 27.5 Å². The van der Waals surface area contributed by atoms with Gasteiger partial charge in [0.25, 0.3) is 0 Å². The zero-order chi connectivity index (χ0) is 10.9. The Hall–Kier alpha value is -0.0500. The quantitative estimate of drug-likeness (QED) is 0.874. The summed E-state index contributed by atoms with van der Waals surface area (Å²) in [4.78, 5) is 0. The molecule has 0 amide bonds. The molecule has 0 spiro atoms. The van der Waals surface area contributed by atoms with Crippen LogP contribution in [0.3, 0.4) is 0 Å². The highest BCUT2D eigenvalue weighted by Gasteiger charge is 2.22. The normalized spacial score (nSPS) is 11.9. The third-order valence-corrected chi connectivity index (χ3v) is 3.28. The fraction of sp³-hybridized carbons (Fsp3) is 0.455. The second-order valence-electron chi connectivity index (χ2n) is 4.10. The zero-order valence-corrected chi connectivity index (χ0v) is 10.9. The molecule has 0 bridgehead atoms. The number of aliphatic hydroxyl groups excluding tert-OH is 1. The van der Waals surface area contributed by atoms with E-state index in [0.29, 0.717) is 0 Å². The van der Waals surface area contributed by atoms with Gasteiger partial charge in [-0.05, 0) is 30.2 Å². The molecule has 1 aromatic rings. The summed E-state index contributed by atoms with van der Waals surface area (Å²) >= 11 is 9.47. The summed E-state index contributed by atoms with van der Waals surface area (Å²) in [6.07, 6.45) is 0. The number of hydrogen-bond donors (Lipinski definition) is 1. The molecule has 0 aliphatic heterocycles. The van der Waals surface area contributed by atoms with Crippen molar-refractivity contribution in [3.8, 4) is 0 Å². The molecule has 1 N–H and O–H groups in total. The van der Waals surface area contributed by atoms with Crippen molar-refractivity contribution in [2.75, 3.05) is 6.61 Å². The van der Waals surface area contributed by atoms with E-state index in [1.54, 1.807) is 0 Å². The number of benzene rings is 1. The first-order valence-electron chi connectivity index (χ1n) is 4.45. The number of hydrogen-bond acceptors (Lipinski definition) is 1. The first kappa shape index (κ1) is 12.0. The Labute approximate surface area is 98.2 Å². The van der Waals surface area contributed by atoms with Gasteiger partial charge in [0.2, 0.25) is 0 Å². The highest BCUT2D eigenvalue weighted by Crippen LogP contribution is 2.32. The maximum atomic E-state index is 9.30. The van der Waals surface area contributed by atoms with Crippen LogP contribution in [0.15, 0.2) is 16.6 Å². The van der Waals surface area contributed by atoms with Crippen molar-refractivity contribution in [3.63, 3.8) is 0 Å². The standard InChI is InChI=1S/C11H14BrClO/c1-7-9(11(2,3)6-14)4-8(12)5-10(7)13/h4-5,14H,6H2,1-3H3. The maximum absolute atomic E-state index is 9.30. The van der Waals surface area contributed by atoms with Crippen LogP contribution in [0, 0.1) is 6.92 Å². The van der Waals surface area contributed by atoms with Crippen LogP contribution in [0.4, 0.5) is 0 Å². The first-order chi connectivity index (χ1) is 6.38. The van der Waals surface area contributed by atoms with Crippen molar-refractivity contribution in [2.24, 2.45) is 0 Å². The van der Waals surface area contributed by atoms with Gasteiger partial charge in [-0.25, -0.2) is 0 Å². The molecule has 0 heterocycles. The summed E-state index contributed by atoms with van der Waals surface area (Å²) < 4.78 is 0.949. The van der Waals surface area contributed by atoms with Gasteiger partial charge in [-0.2, -0.15) is 0 Å². The lowest BCUT2D eigenvalue weighted by Gasteiger charge is -2.25. The molecule has 0 saturated carbocycles. The zero-order valence-electron chi connectivity index (χ0n) is 8.56. The van der Waals surface area contributed by atoms with Gasteiger partial charge < -0.3 is 5.11 Å². The predicted octanol–water partition coefficient (Wildman–Crippen LogP) is 3.68.